The lowest BCUT2D eigenvalue weighted by molar-refractivity contribution is -0.123. The minimum atomic E-state index is -3.19. The summed E-state index contributed by atoms with van der Waals surface area (Å²) in [5.74, 6) is 0.960. The van der Waals surface area contributed by atoms with Crippen LogP contribution in [0.25, 0.3) is 0 Å². The van der Waals surface area contributed by atoms with Crippen LogP contribution in [0.3, 0.4) is 0 Å². The van der Waals surface area contributed by atoms with Gasteiger partial charge in [0.15, 0.2) is 11.5 Å². The first kappa shape index (κ1) is 18.5. The van der Waals surface area contributed by atoms with Gasteiger partial charge in [-0.05, 0) is 25.0 Å². The molecular weight excluding hydrogens is 332 g/mol. The molecule has 2 rings (SSSR count). The van der Waals surface area contributed by atoms with Crippen LogP contribution in [0.15, 0.2) is 18.2 Å². The third kappa shape index (κ3) is 3.99. The number of nitrogens with zero attached hydrogens (tertiary/aromatic N) is 2. The van der Waals surface area contributed by atoms with Gasteiger partial charge in [-0.3, -0.25) is 4.79 Å². The molecule has 0 spiro atoms. The number of carbonyl (C=O) groups excluding carboxylic acids is 1. The Labute approximate surface area is 143 Å². The summed E-state index contributed by atoms with van der Waals surface area (Å²) in [5, 5.41) is 0. The van der Waals surface area contributed by atoms with Crippen LogP contribution in [0.1, 0.15) is 12.8 Å². The number of rotatable bonds is 5. The minimum absolute atomic E-state index is 0.0182. The predicted octanol–water partition coefficient (Wildman–Crippen LogP) is 1.34. The Kier molecular flexibility index (Phi) is 5.71. The van der Waals surface area contributed by atoms with Crippen molar-refractivity contribution in [3.8, 4) is 11.5 Å². The molecule has 1 heterocycles. The topological polar surface area (TPSA) is 76.2 Å². The van der Waals surface area contributed by atoms with Crippen molar-refractivity contribution in [1.82, 2.24) is 4.31 Å². The zero-order valence-electron chi connectivity index (χ0n) is 14.5. The van der Waals surface area contributed by atoms with Gasteiger partial charge in [-0.25, -0.2) is 12.7 Å². The van der Waals surface area contributed by atoms with Crippen molar-refractivity contribution in [1.29, 1.82) is 0 Å². The minimum Gasteiger partial charge on any atom is -0.493 e. The highest BCUT2D eigenvalue weighted by Crippen LogP contribution is 2.32. The number of amides is 1. The van der Waals surface area contributed by atoms with Gasteiger partial charge in [0.05, 0.1) is 20.5 Å². The number of piperidine rings is 1. The molecule has 134 valence electrons. The average molecular weight is 356 g/mol. The smallest absolute Gasteiger partial charge is 0.229 e. The maximum atomic E-state index is 12.7. The molecule has 0 bridgehead atoms. The van der Waals surface area contributed by atoms with Crippen LogP contribution in [0.2, 0.25) is 0 Å². The maximum absolute atomic E-state index is 12.7. The van der Waals surface area contributed by atoms with Gasteiger partial charge in [-0.1, -0.05) is 0 Å². The van der Waals surface area contributed by atoms with Gasteiger partial charge >= 0.3 is 0 Å². The SMILES string of the molecule is COc1ccc(N(C)C(=O)C2CCN(S(C)(=O)=O)CC2)cc1OC. The number of carbonyl (C=O) groups is 1. The molecule has 0 radical (unpaired) electrons. The van der Waals surface area contributed by atoms with Crippen LogP contribution in [0.4, 0.5) is 5.69 Å². The van der Waals surface area contributed by atoms with Crippen molar-refractivity contribution >= 4 is 21.6 Å². The van der Waals surface area contributed by atoms with E-state index in [4.69, 9.17) is 9.47 Å². The fraction of sp³-hybridized carbons (Fsp3) is 0.562. The van der Waals surface area contributed by atoms with Gasteiger partial charge in [-0.2, -0.15) is 0 Å². The number of anilines is 1. The molecule has 0 aromatic heterocycles. The molecule has 24 heavy (non-hydrogen) atoms. The maximum Gasteiger partial charge on any atom is 0.229 e. The molecule has 1 aromatic carbocycles. The van der Waals surface area contributed by atoms with Gasteiger partial charge in [0.25, 0.3) is 0 Å². The Morgan fingerprint density at radius 3 is 2.25 bits per heavy atom. The van der Waals surface area contributed by atoms with Gasteiger partial charge in [-0.15, -0.1) is 0 Å². The van der Waals surface area contributed by atoms with E-state index in [9.17, 15) is 13.2 Å². The average Bonchev–Trinajstić information content (AvgIpc) is 2.59. The van der Waals surface area contributed by atoms with E-state index in [2.05, 4.69) is 0 Å². The standard InChI is InChI=1S/C16H24N2O5S/c1-17(13-5-6-14(22-2)15(11-13)23-3)16(19)12-7-9-18(10-8-12)24(4,20)21/h5-6,11-12H,7-10H2,1-4H3. The van der Waals surface area contributed by atoms with E-state index in [-0.39, 0.29) is 11.8 Å². The van der Waals surface area contributed by atoms with Crippen LogP contribution in [-0.4, -0.2) is 59.2 Å². The molecule has 0 atom stereocenters. The first-order valence-electron chi connectivity index (χ1n) is 7.72. The molecule has 1 amide bonds. The van der Waals surface area contributed by atoms with Crippen LogP contribution >= 0.6 is 0 Å². The highest BCUT2D eigenvalue weighted by molar-refractivity contribution is 7.88. The fourth-order valence-electron chi connectivity index (χ4n) is 2.87. The second-order valence-corrected chi connectivity index (χ2v) is 7.86. The highest BCUT2D eigenvalue weighted by Gasteiger charge is 2.31. The highest BCUT2D eigenvalue weighted by atomic mass is 32.2. The van der Waals surface area contributed by atoms with Crippen LogP contribution in [0, 0.1) is 5.92 Å². The van der Waals surface area contributed by atoms with Crippen LogP contribution in [-0.2, 0) is 14.8 Å². The monoisotopic (exact) mass is 356 g/mol. The number of hydrogen-bond donors (Lipinski definition) is 0. The van der Waals surface area contributed by atoms with Crippen molar-refractivity contribution in [3.63, 3.8) is 0 Å². The van der Waals surface area contributed by atoms with E-state index in [1.165, 1.54) is 10.6 Å². The van der Waals surface area contributed by atoms with Crippen molar-refractivity contribution < 1.29 is 22.7 Å². The summed E-state index contributed by atoms with van der Waals surface area (Å²) >= 11 is 0. The largest absolute Gasteiger partial charge is 0.493 e. The number of sulfonamides is 1. The lowest BCUT2D eigenvalue weighted by Gasteiger charge is -2.31. The van der Waals surface area contributed by atoms with Crippen molar-refractivity contribution in [2.24, 2.45) is 5.92 Å². The zero-order valence-corrected chi connectivity index (χ0v) is 15.3. The second-order valence-electron chi connectivity index (χ2n) is 5.87. The Balaban J connectivity index is 2.08. The van der Waals surface area contributed by atoms with E-state index in [1.807, 2.05) is 0 Å². The van der Waals surface area contributed by atoms with Crippen molar-refractivity contribution in [2.45, 2.75) is 12.8 Å². The van der Waals surface area contributed by atoms with Gasteiger partial charge in [0.2, 0.25) is 15.9 Å². The molecular formula is C16H24N2O5S. The van der Waals surface area contributed by atoms with E-state index < -0.39 is 10.0 Å². The summed E-state index contributed by atoms with van der Waals surface area (Å²) in [6.45, 7) is 0.768. The summed E-state index contributed by atoms with van der Waals surface area (Å²) in [7, 11) is 1.63. The summed E-state index contributed by atoms with van der Waals surface area (Å²) < 4.78 is 35.0. The molecule has 1 aliphatic heterocycles. The molecule has 1 aromatic rings. The quantitative estimate of drug-likeness (QED) is 0.796. The number of benzene rings is 1. The first-order valence-corrected chi connectivity index (χ1v) is 9.57. The third-order valence-corrected chi connectivity index (χ3v) is 5.66. The third-order valence-electron chi connectivity index (χ3n) is 4.36. The van der Waals surface area contributed by atoms with Crippen molar-refractivity contribution in [3.05, 3.63) is 18.2 Å². The van der Waals surface area contributed by atoms with Crippen LogP contribution in [0.5, 0.6) is 11.5 Å². The van der Waals surface area contributed by atoms with Gasteiger partial charge in [0, 0.05) is 37.8 Å². The van der Waals surface area contributed by atoms with E-state index >= 15 is 0 Å². The Hall–Kier alpha value is -1.80. The second kappa shape index (κ2) is 7.40. The summed E-state index contributed by atoms with van der Waals surface area (Å²) in [5.41, 5.74) is 0.711. The normalized spacial score (nSPS) is 16.7. The van der Waals surface area contributed by atoms with E-state index in [0.717, 1.165) is 0 Å². The predicted molar refractivity (Wildman–Crippen MR) is 92.1 cm³/mol. The van der Waals surface area contributed by atoms with Gasteiger partial charge < -0.3 is 14.4 Å². The molecule has 1 fully saturated rings. The van der Waals surface area contributed by atoms with Crippen molar-refractivity contribution in [2.75, 3.05) is 45.5 Å². The summed E-state index contributed by atoms with van der Waals surface area (Å²) in [4.78, 5) is 14.3. The summed E-state index contributed by atoms with van der Waals surface area (Å²) in [6.07, 6.45) is 2.26. The van der Waals surface area contributed by atoms with Gasteiger partial charge in [0.1, 0.15) is 0 Å². The first-order chi connectivity index (χ1) is 11.3. The number of ether oxygens (including phenoxy) is 2. The lowest BCUT2D eigenvalue weighted by atomic mass is 9.96. The Morgan fingerprint density at radius 2 is 1.75 bits per heavy atom. The molecule has 1 saturated heterocycles. The van der Waals surface area contributed by atoms with E-state index in [1.54, 1.807) is 44.4 Å². The van der Waals surface area contributed by atoms with Crippen LogP contribution < -0.4 is 14.4 Å². The fourth-order valence-corrected chi connectivity index (χ4v) is 3.74. The molecule has 0 unspecified atom stereocenters. The molecule has 0 saturated carbocycles. The molecule has 0 aliphatic carbocycles. The van der Waals surface area contributed by atoms with E-state index in [0.29, 0.717) is 43.1 Å². The summed E-state index contributed by atoms with van der Waals surface area (Å²) in [6, 6.07) is 5.30. The molecule has 7 nitrogen and oxygen atoms in total. The Bertz CT molecular complexity index is 696. The number of methoxy groups -OCH3 is 2. The lowest BCUT2D eigenvalue weighted by Crippen LogP contribution is -2.43. The zero-order chi connectivity index (χ0) is 17.9. The molecule has 1 aliphatic rings. The molecule has 8 heteroatoms. The molecule has 0 N–H and O–H groups in total. The Morgan fingerprint density at radius 1 is 1.17 bits per heavy atom. The number of hydrogen-bond acceptors (Lipinski definition) is 5.